The van der Waals surface area contributed by atoms with Crippen molar-refractivity contribution in [3.63, 3.8) is 0 Å². The molecule has 3 nitrogen and oxygen atoms in total. The highest BCUT2D eigenvalue weighted by atomic mass is 32.2. The summed E-state index contributed by atoms with van der Waals surface area (Å²) in [5, 5.41) is 0. The van der Waals surface area contributed by atoms with Crippen molar-refractivity contribution in [2.24, 2.45) is 0 Å². The maximum absolute atomic E-state index is 11.8. The number of sulfonamides is 1. The third kappa shape index (κ3) is 1.42. The molecule has 2 atom stereocenters. The van der Waals surface area contributed by atoms with E-state index in [1.807, 2.05) is 0 Å². The van der Waals surface area contributed by atoms with Gasteiger partial charge in [-0.05, 0) is 6.42 Å². The molecule has 1 fully saturated rings. The smallest absolute Gasteiger partial charge is 0.203 e. The van der Waals surface area contributed by atoms with Crippen molar-refractivity contribution in [1.29, 1.82) is 0 Å². The molecule has 0 aromatic heterocycles. The summed E-state index contributed by atoms with van der Waals surface area (Å²) in [5.74, 6) is 0. The molecule has 12 heavy (non-hydrogen) atoms. The summed E-state index contributed by atoms with van der Waals surface area (Å²) in [7, 11) is -5.03. The Hall–Kier alpha value is -0.300. The number of nitrogens with zero attached hydrogens (tertiary/aromatic N) is 1. The van der Waals surface area contributed by atoms with Gasteiger partial charge in [0.15, 0.2) is 0 Å². The van der Waals surface area contributed by atoms with E-state index in [2.05, 4.69) is 0 Å². The van der Waals surface area contributed by atoms with Gasteiger partial charge in [0.2, 0.25) is 0 Å². The van der Waals surface area contributed by atoms with E-state index in [0.717, 1.165) is 0 Å². The molecule has 0 N–H and O–H groups in total. The van der Waals surface area contributed by atoms with E-state index in [9.17, 15) is 21.6 Å². The number of hydrogen-bond donors (Lipinski definition) is 0. The molecule has 1 rings (SSSR count). The summed E-state index contributed by atoms with van der Waals surface area (Å²) in [5.41, 5.74) is -5.14. The van der Waals surface area contributed by atoms with Crippen LogP contribution in [0.15, 0.2) is 0 Å². The summed E-state index contributed by atoms with van der Waals surface area (Å²) < 4.78 is 57.0. The first-order valence-corrected chi connectivity index (χ1v) is 4.83. The first-order chi connectivity index (χ1) is 5.30. The van der Waals surface area contributed by atoms with Crippen LogP contribution in [0.25, 0.3) is 0 Å². The van der Waals surface area contributed by atoms with Gasteiger partial charge in [-0.1, -0.05) is 6.92 Å². The van der Waals surface area contributed by atoms with Gasteiger partial charge in [0.05, 0.1) is 0 Å². The van der Waals surface area contributed by atoms with Crippen LogP contribution < -0.4 is 0 Å². The zero-order chi connectivity index (χ0) is 9.57. The van der Waals surface area contributed by atoms with Crippen molar-refractivity contribution in [2.45, 2.75) is 24.9 Å². The number of alkyl halides is 3. The van der Waals surface area contributed by atoms with E-state index >= 15 is 0 Å². The van der Waals surface area contributed by atoms with Crippen LogP contribution in [0.1, 0.15) is 13.3 Å². The maximum atomic E-state index is 11.8. The second-order valence-electron chi connectivity index (χ2n) is 2.58. The molecule has 0 radical (unpaired) electrons. The van der Waals surface area contributed by atoms with E-state index in [1.54, 1.807) is 6.92 Å². The fourth-order valence-electron chi connectivity index (χ4n) is 0.921. The quantitative estimate of drug-likeness (QED) is 0.626. The molecule has 0 bridgehead atoms. The summed E-state index contributed by atoms with van der Waals surface area (Å²) >= 11 is 0. The monoisotopic (exact) mass is 203 g/mol. The highest BCUT2D eigenvalue weighted by molar-refractivity contribution is 7.90. The fourth-order valence-corrected chi connectivity index (χ4v) is 2.10. The topological polar surface area (TPSA) is 37.1 Å². The van der Waals surface area contributed by atoms with Crippen LogP contribution >= 0.6 is 0 Å². The Balaban J connectivity index is 2.77. The normalized spacial score (nSPS) is 30.3. The minimum atomic E-state index is -5.14. The Bertz CT molecular complexity index is 271. The minimum absolute atomic E-state index is 0.00164. The van der Waals surface area contributed by atoms with E-state index in [1.165, 1.54) is 0 Å². The summed E-state index contributed by atoms with van der Waals surface area (Å²) in [6.45, 7) is 1.65. The standard InChI is InChI=1S/C5H8F3NO2S/c1-2-4-3-9(4)12(10,11)5(6,7)8/h4H,2-3H2,1H3/t4-,9?/m1/s1. The number of rotatable bonds is 2. The Labute approximate surface area is 68.2 Å². The van der Waals surface area contributed by atoms with E-state index < -0.39 is 21.6 Å². The zero-order valence-corrected chi connectivity index (χ0v) is 7.11. The van der Waals surface area contributed by atoms with E-state index in [0.29, 0.717) is 10.7 Å². The van der Waals surface area contributed by atoms with Gasteiger partial charge in [-0.3, -0.25) is 0 Å². The van der Waals surface area contributed by atoms with Crippen LogP contribution in [0, 0.1) is 0 Å². The molecule has 0 aromatic carbocycles. The summed E-state index contributed by atoms with van der Waals surface area (Å²) in [6, 6.07) is -0.448. The van der Waals surface area contributed by atoms with Gasteiger partial charge >= 0.3 is 15.5 Å². The molecule has 1 aliphatic heterocycles. The molecule has 1 aliphatic rings. The van der Waals surface area contributed by atoms with Gasteiger partial charge in [-0.2, -0.15) is 17.5 Å². The first-order valence-electron chi connectivity index (χ1n) is 3.39. The highest BCUT2D eigenvalue weighted by Crippen LogP contribution is 2.35. The van der Waals surface area contributed by atoms with Crippen LogP contribution in [0.3, 0.4) is 0 Å². The lowest BCUT2D eigenvalue weighted by molar-refractivity contribution is -0.0467. The minimum Gasteiger partial charge on any atom is -0.203 e. The second kappa shape index (κ2) is 2.59. The van der Waals surface area contributed by atoms with Gasteiger partial charge in [0.25, 0.3) is 0 Å². The molecule has 7 heteroatoms. The predicted molar refractivity (Wildman–Crippen MR) is 35.8 cm³/mol. The van der Waals surface area contributed by atoms with E-state index in [4.69, 9.17) is 0 Å². The molecule has 0 aromatic rings. The van der Waals surface area contributed by atoms with Crippen LogP contribution in [-0.2, 0) is 10.0 Å². The first kappa shape index (κ1) is 9.79. The number of halogens is 3. The zero-order valence-electron chi connectivity index (χ0n) is 6.30. The highest BCUT2D eigenvalue weighted by Gasteiger charge is 2.57. The molecule has 0 saturated carbocycles. The summed E-state index contributed by atoms with van der Waals surface area (Å²) in [4.78, 5) is 0. The van der Waals surface area contributed by atoms with Crippen LogP contribution in [0.5, 0.6) is 0 Å². The summed E-state index contributed by atoms with van der Waals surface area (Å²) in [6.07, 6.45) is 0.426. The van der Waals surface area contributed by atoms with Crippen molar-refractivity contribution < 1.29 is 21.6 Å². The molecule has 0 amide bonds. The Morgan fingerprint density at radius 1 is 1.50 bits per heavy atom. The molecular formula is C5H8F3NO2S. The Morgan fingerprint density at radius 2 is 2.00 bits per heavy atom. The van der Waals surface area contributed by atoms with Gasteiger partial charge in [-0.15, -0.1) is 0 Å². The van der Waals surface area contributed by atoms with Gasteiger partial charge in [-0.25, -0.2) is 8.42 Å². The van der Waals surface area contributed by atoms with Crippen molar-refractivity contribution >= 4 is 10.0 Å². The van der Waals surface area contributed by atoms with Crippen molar-refractivity contribution in [3.05, 3.63) is 0 Å². The molecular weight excluding hydrogens is 195 g/mol. The molecule has 72 valence electrons. The van der Waals surface area contributed by atoms with Gasteiger partial charge in [0, 0.05) is 12.6 Å². The SMILES string of the molecule is CC[C@@H]1CN1S(=O)(=O)C(F)(F)F. The van der Waals surface area contributed by atoms with Crippen LogP contribution in [0.4, 0.5) is 13.2 Å². The van der Waals surface area contributed by atoms with Crippen LogP contribution in [-0.4, -0.2) is 30.8 Å². The second-order valence-corrected chi connectivity index (χ2v) is 4.46. The van der Waals surface area contributed by atoms with Crippen LogP contribution in [0.2, 0.25) is 0 Å². The van der Waals surface area contributed by atoms with Crippen molar-refractivity contribution in [2.75, 3.05) is 6.54 Å². The number of hydrogen-bond acceptors (Lipinski definition) is 2. The average Bonchev–Trinajstić information content (AvgIpc) is 2.62. The Kier molecular flexibility index (Phi) is 2.12. The lowest BCUT2D eigenvalue weighted by Gasteiger charge is -2.07. The fraction of sp³-hybridized carbons (Fsp3) is 1.00. The molecule has 0 spiro atoms. The lowest BCUT2D eigenvalue weighted by Crippen LogP contribution is -2.30. The molecule has 1 unspecified atom stereocenters. The Morgan fingerprint density at radius 3 is 2.25 bits per heavy atom. The van der Waals surface area contributed by atoms with E-state index in [-0.39, 0.29) is 6.54 Å². The third-order valence-corrected chi connectivity index (χ3v) is 3.39. The predicted octanol–water partition coefficient (Wildman–Crippen LogP) is 0.930. The molecule has 1 saturated heterocycles. The largest absolute Gasteiger partial charge is 0.511 e. The lowest BCUT2D eigenvalue weighted by atomic mass is 10.4. The third-order valence-electron chi connectivity index (χ3n) is 1.74. The van der Waals surface area contributed by atoms with Gasteiger partial charge in [0.1, 0.15) is 0 Å². The molecule has 1 heterocycles. The van der Waals surface area contributed by atoms with Gasteiger partial charge < -0.3 is 0 Å². The average molecular weight is 203 g/mol. The maximum Gasteiger partial charge on any atom is 0.511 e. The van der Waals surface area contributed by atoms with Crippen molar-refractivity contribution in [3.8, 4) is 0 Å². The van der Waals surface area contributed by atoms with Crippen molar-refractivity contribution in [1.82, 2.24) is 4.31 Å². The molecule has 0 aliphatic carbocycles.